The molecule has 0 aliphatic heterocycles. The molecule has 7 aromatic carbocycles. The van der Waals surface area contributed by atoms with E-state index in [9.17, 15) is 0 Å². The smallest absolute Gasteiger partial charge is 0.238 e. The lowest BCUT2D eigenvalue weighted by Crippen LogP contribution is -2.06. The van der Waals surface area contributed by atoms with Gasteiger partial charge in [0.15, 0.2) is 11.6 Å². The zero-order chi connectivity index (χ0) is 31.6. The third kappa shape index (κ3) is 4.18. The molecule has 0 unspecified atom stereocenters. The molecule has 10 aromatic rings. The predicted octanol–water partition coefficient (Wildman–Crippen LogP) is 11.5. The fraction of sp³-hybridized carbons (Fsp3) is 0. The Hall–Kier alpha value is -6.17. The summed E-state index contributed by atoms with van der Waals surface area (Å²) in [6.07, 6.45) is 0. The van der Waals surface area contributed by atoms with E-state index >= 15 is 0 Å². The monoisotopic (exact) mass is 630 g/mol. The van der Waals surface area contributed by atoms with Crippen molar-refractivity contribution in [3.05, 3.63) is 158 Å². The molecule has 0 aliphatic carbocycles. The number of aromatic nitrogens is 4. The normalized spacial score (nSPS) is 11.8. The Bertz CT molecular complexity index is 2780. The largest absolute Gasteiger partial charge is 0.278 e. The molecule has 4 nitrogen and oxygen atoms in total. The summed E-state index contributed by atoms with van der Waals surface area (Å²) in [5.41, 5.74) is 6.39. The highest BCUT2D eigenvalue weighted by Gasteiger charge is 2.19. The lowest BCUT2D eigenvalue weighted by atomic mass is 10.0. The number of hydrogen-bond donors (Lipinski definition) is 0. The molecule has 3 heterocycles. The summed E-state index contributed by atoms with van der Waals surface area (Å²) in [6.45, 7) is 0. The standard InChI is InChI=1S/C43H26N4S/c1-3-13-28(14-4-1)41-44-42(29-15-5-2-6-16-29)46-43(45-41)47-37-21-10-9-18-33(37)34-24-23-30(26-38(34)47)32-19-11-20-35-36-25-22-27-12-7-8-17-31(27)39(36)48-40(32)35/h1-26H. The van der Waals surface area contributed by atoms with Gasteiger partial charge < -0.3 is 0 Å². The van der Waals surface area contributed by atoms with E-state index in [-0.39, 0.29) is 0 Å². The van der Waals surface area contributed by atoms with Gasteiger partial charge in [-0.3, -0.25) is 4.57 Å². The van der Waals surface area contributed by atoms with E-state index in [2.05, 4.69) is 102 Å². The Labute approximate surface area is 280 Å². The lowest BCUT2D eigenvalue weighted by molar-refractivity contribution is 0.953. The zero-order valence-electron chi connectivity index (χ0n) is 25.7. The van der Waals surface area contributed by atoms with Crippen LogP contribution in [0.1, 0.15) is 0 Å². The third-order valence-corrected chi connectivity index (χ3v) is 10.5. The molecular formula is C43H26N4S. The quantitative estimate of drug-likeness (QED) is 0.194. The molecule has 0 radical (unpaired) electrons. The summed E-state index contributed by atoms with van der Waals surface area (Å²) in [5.74, 6) is 1.88. The van der Waals surface area contributed by atoms with E-state index in [1.54, 1.807) is 0 Å². The lowest BCUT2D eigenvalue weighted by Gasteiger charge is -2.11. The first-order chi connectivity index (χ1) is 23.8. The molecule has 0 saturated heterocycles. The van der Waals surface area contributed by atoms with Crippen molar-refractivity contribution in [3.8, 4) is 39.9 Å². The maximum atomic E-state index is 5.12. The second-order valence-electron chi connectivity index (χ2n) is 12.0. The van der Waals surface area contributed by atoms with Crippen molar-refractivity contribution in [2.24, 2.45) is 0 Å². The van der Waals surface area contributed by atoms with Crippen molar-refractivity contribution in [3.63, 3.8) is 0 Å². The van der Waals surface area contributed by atoms with Gasteiger partial charge in [0.05, 0.1) is 11.0 Å². The highest BCUT2D eigenvalue weighted by molar-refractivity contribution is 7.27. The Morgan fingerprint density at radius 1 is 0.396 bits per heavy atom. The van der Waals surface area contributed by atoms with Crippen LogP contribution in [0.2, 0.25) is 0 Å². The zero-order valence-corrected chi connectivity index (χ0v) is 26.5. The van der Waals surface area contributed by atoms with Gasteiger partial charge in [0.25, 0.3) is 0 Å². The highest BCUT2D eigenvalue weighted by atomic mass is 32.1. The van der Waals surface area contributed by atoms with Crippen LogP contribution < -0.4 is 0 Å². The second-order valence-corrected chi connectivity index (χ2v) is 13.1. The van der Waals surface area contributed by atoms with E-state index in [4.69, 9.17) is 15.0 Å². The van der Waals surface area contributed by atoms with Crippen LogP contribution in [0, 0.1) is 0 Å². The van der Waals surface area contributed by atoms with Gasteiger partial charge in [0.2, 0.25) is 5.95 Å². The molecular weight excluding hydrogens is 605 g/mol. The molecule has 48 heavy (non-hydrogen) atoms. The van der Waals surface area contributed by atoms with Crippen molar-refractivity contribution in [1.29, 1.82) is 0 Å². The van der Waals surface area contributed by atoms with Crippen molar-refractivity contribution in [1.82, 2.24) is 19.5 Å². The van der Waals surface area contributed by atoms with Crippen molar-refractivity contribution in [2.45, 2.75) is 0 Å². The van der Waals surface area contributed by atoms with E-state index in [1.165, 1.54) is 36.5 Å². The van der Waals surface area contributed by atoms with Crippen LogP contribution in [0.25, 0.3) is 92.6 Å². The topological polar surface area (TPSA) is 43.6 Å². The molecule has 0 bridgehead atoms. The van der Waals surface area contributed by atoms with Gasteiger partial charge in [-0.2, -0.15) is 9.97 Å². The number of fused-ring (bicyclic) bond motifs is 8. The van der Waals surface area contributed by atoms with Crippen LogP contribution in [0.4, 0.5) is 0 Å². The number of rotatable bonds is 4. The Morgan fingerprint density at radius 3 is 1.77 bits per heavy atom. The Kier molecular flexibility index (Phi) is 6.01. The number of thiophene rings is 1. The highest BCUT2D eigenvalue weighted by Crippen LogP contribution is 2.44. The third-order valence-electron chi connectivity index (χ3n) is 9.26. The minimum atomic E-state index is 0.595. The van der Waals surface area contributed by atoms with Crippen LogP contribution in [-0.2, 0) is 0 Å². The molecule has 224 valence electrons. The molecule has 0 saturated carbocycles. The first-order valence-corrected chi connectivity index (χ1v) is 16.9. The first-order valence-electron chi connectivity index (χ1n) is 16.0. The molecule has 0 spiro atoms. The minimum Gasteiger partial charge on any atom is -0.278 e. The van der Waals surface area contributed by atoms with E-state index in [1.807, 2.05) is 72.0 Å². The number of para-hydroxylation sites is 1. The molecule has 3 aromatic heterocycles. The second kappa shape index (κ2) is 10.7. The fourth-order valence-corrected chi connectivity index (χ4v) is 8.38. The van der Waals surface area contributed by atoms with Gasteiger partial charge in [-0.15, -0.1) is 11.3 Å². The van der Waals surface area contributed by atoms with Gasteiger partial charge in [0, 0.05) is 42.1 Å². The Balaban J connectivity index is 1.24. The van der Waals surface area contributed by atoms with E-state index in [0.717, 1.165) is 38.5 Å². The molecule has 0 atom stereocenters. The molecule has 10 rings (SSSR count). The van der Waals surface area contributed by atoms with Crippen LogP contribution in [0.3, 0.4) is 0 Å². The van der Waals surface area contributed by atoms with Crippen molar-refractivity contribution >= 4 is 64.1 Å². The first kappa shape index (κ1) is 27.0. The average Bonchev–Trinajstić information content (AvgIpc) is 3.71. The van der Waals surface area contributed by atoms with Gasteiger partial charge >= 0.3 is 0 Å². The fourth-order valence-electron chi connectivity index (χ4n) is 7.00. The summed E-state index contributed by atoms with van der Waals surface area (Å²) < 4.78 is 4.83. The van der Waals surface area contributed by atoms with Crippen molar-refractivity contribution in [2.75, 3.05) is 0 Å². The van der Waals surface area contributed by atoms with Crippen LogP contribution in [-0.4, -0.2) is 19.5 Å². The summed E-state index contributed by atoms with van der Waals surface area (Å²) >= 11 is 1.88. The van der Waals surface area contributed by atoms with Gasteiger partial charge in [-0.05, 0) is 34.0 Å². The van der Waals surface area contributed by atoms with Crippen LogP contribution >= 0.6 is 11.3 Å². The molecule has 0 amide bonds. The summed E-state index contributed by atoms with van der Waals surface area (Å²) in [5, 5.41) is 7.48. The van der Waals surface area contributed by atoms with Gasteiger partial charge in [-0.1, -0.05) is 146 Å². The SMILES string of the molecule is c1ccc(-c2nc(-c3ccccc3)nc(-n3c4ccccc4c4ccc(-c5cccc6c5sc5c7ccccc7ccc65)cc43)n2)cc1. The minimum absolute atomic E-state index is 0.595. The maximum Gasteiger partial charge on any atom is 0.238 e. The number of hydrogen-bond acceptors (Lipinski definition) is 4. The number of nitrogens with zero attached hydrogens (tertiary/aromatic N) is 4. The molecule has 0 N–H and O–H groups in total. The van der Waals surface area contributed by atoms with Gasteiger partial charge in [0.1, 0.15) is 0 Å². The van der Waals surface area contributed by atoms with Crippen LogP contribution in [0.15, 0.2) is 158 Å². The predicted molar refractivity (Wildman–Crippen MR) is 201 cm³/mol. The van der Waals surface area contributed by atoms with E-state index in [0.29, 0.717) is 17.6 Å². The summed E-state index contributed by atoms with van der Waals surface area (Å²) in [4.78, 5) is 15.2. The summed E-state index contributed by atoms with van der Waals surface area (Å²) in [7, 11) is 0. The number of benzene rings is 7. The van der Waals surface area contributed by atoms with E-state index < -0.39 is 0 Å². The van der Waals surface area contributed by atoms with Crippen molar-refractivity contribution < 1.29 is 0 Å². The molecule has 5 heteroatoms. The molecule has 0 fully saturated rings. The Morgan fingerprint density at radius 2 is 1.00 bits per heavy atom. The summed E-state index contributed by atoms with van der Waals surface area (Å²) in [6, 6.07) is 55.5. The molecule has 0 aliphatic rings. The van der Waals surface area contributed by atoms with Crippen LogP contribution in [0.5, 0.6) is 0 Å². The average molecular weight is 631 g/mol. The maximum absolute atomic E-state index is 5.12. The van der Waals surface area contributed by atoms with Gasteiger partial charge in [-0.25, -0.2) is 4.98 Å².